The Kier molecular flexibility index (Phi) is 3.61. The molecule has 1 saturated carbocycles. The van der Waals surface area contributed by atoms with Crippen molar-refractivity contribution in [3.05, 3.63) is 23.8 Å². The van der Waals surface area contributed by atoms with E-state index in [1.54, 1.807) is 6.07 Å². The molecule has 0 bridgehead atoms. The fraction of sp³-hybridized carbons (Fsp3) is 0.500. The average Bonchev–Trinajstić information content (AvgIpc) is 3.02. The molecule has 6 heteroatoms. The predicted octanol–water partition coefficient (Wildman–Crippen LogP) is 0.874. The zero-order chi connectivity index (χ0) is 13.3. The summed E-state index contributed by atoms with van der Waals surface area (Å²) in [4.78, 5) is 0.112. The molecule has 1 aromatic rings. The molecule has 1 aliphatic carbocycles. The third-order valence-electron chi connectivity index (χ3n) is 3.12. The second-order valence-electron chi connectivity index (χ2n) is 4.58. The number of sulfonamides is 1. The molecule has 0 radical (unpaired) electrons. The summed E-state index contributed by atoms with van der Waals surface area (Å²) in [5.41, 5.74) is 0.616. The van der Waals surface area contributed by atoms with Gasteiger partial charge in [0, 0.05) is 6.04 Å². The molecule has 18 heavy (non-hydrogen) atoms. The number of benzene rings is 1. The van der Waals surface area contributed by atoms with Gasteiger partial charge < -0.3 is 9.84 Å². The van der Waals surface area contributed by atoms with Crippen molar-refractivity contribution in [3.8, 4) is 5.75 Å². The summed E-state index contributed by atoms with van der Waals surface area (Å²) in [6.07, 6.45) is 0.871. The maximum Gasteiger partial charge on any atom is 0.244 e. The first kappa shape index (κ1) is 13.3. The number of methoxy groups -OCH3 is 1. The maximum atomic E-state index is 12.2. The summed E-state index contributed by atoms with van der Waals surface area (Å²) < 4.78 is 32.0. The summed E-state index contributed by atoms with van der Waals surface area (Å²) in [6.45, 7) is 1.85. The van der Waals surface area contributed by atoms with Gasteiger partial charge in [0.1, 0.15) is 10.6 Å². The Morgan fingerprint density at radius 3 is 2.67 bits per heavy atom. The molecule has 1 aliphatic rings. The van der Waals surface area contributed by atoms with Crippen molar-refractivity contribution in [3.63, 3.8) is 0 Å². The van der Waals surface area contributed by atoms with Gasteiger partial charge in [-0.3, -0.25) is 0 Å². The SMILES string of the molecule is COc1cc(CO)ccc1S(=O)(=O)NC1CC1C. The van der Waals surface area contributed by atoms with Crippen LogP contribution in [0, 0.1) is 5.92 Å². The number of nitrogens with one attached hydrogen (secondary N) is 1. The highest BCUT2D eigenvalue weighted by Gasteiger charge is 2.37. The fourth-order valence-corrected chi connectivity index (χ4v) is 3.29. The normalized spacial score (nSPS) is 22.8. The first-order valence-corrected chi connectivity index (χ1v) is 7.26. The van der Waals surface area contributed by atoms with Crippen LogP contribution in [0.15, 0.2) is 23.1 Å². The van der Waals surface area contributed by atoms with E-state index in [1.165, 1.54) is 19.2 Å². The molecule has 1 aromatic carbocycles. The Balaban J connectivity index is 2.31. The van der Waals surface area contributed by atoms with E-state index in [1.807, 2.05) is 6.92 Å². The zero-order valence-electron chi connectivity index (χ0n) is 10.4. The summed E-state index contributed by atoms with van der Waals surface area (Å²) >= 11 is 0. The minimum absolute atomic E-state index is 0.0252. The Hall–Kier alpha value is -1.11. The van der Waals surface area contributed by atoms with Crippen molar-refractivity contribution >= 4 is 10.0 Å². The van der Waals surface area contributed by atoms with Crippen molar-refractivity contribution in [2.75, 3.05) is 7.11 Å². The molecule has 0 saturated heterocycles. The lowest BCUT2D eigenvalue weighted by molar-refractivity contribution is 0.280. The lowest BCUT2D eigenvalue weighted by atomic mass is 10.2. The second kappa shape index (κ2) is 4.87. The standard InChI is InChI=1S/C12H17NO4S/c1-8-5-10(8)13-18(15,16)12-4-3-9(7-14)6-11(12)17-2/h3-4,6,8,10,13-14H,5,7H2,1-2H3. The van der Waals surface area contributed by atoms with E-state index in [0.717, 1.165) is 6.42 Å². The van der Waals surface area contributed by atoms with Gasteiger partial charge in [0.25, 0.3) is 0 Å². The molecule has 0 amide bonds. The fourth-order valence-electron chi connectivity index (χ4n) is 1.78. The van der Waals surface area contributed by atoms with Crippen LogP contribution in [0.5, 0.6) is 5.75 Å². The molecule has 2 rings (SSSR count). The Morgan fingerprint density at radius 1 is 1.50 bits per heavy atom. The molecule has 2 unspecified atom stereocenters. The molecule has 5 nitrogen and oxygen atoms in total. The van der Waals surface area contributed by atoms with Crippen LogP contribution in [0.3, 0.4) is 0 Å². The molecule has 2 atom stereocenters. The van der Waals surface area contributed by atoms with Crippen LogP contribution in [-0.4, -0.2) is 26.7 Å². The van der Waals surface area contributed by atoms with Crippen molar-refractivity contribution in [1.29, 1.82) is 0 Å². The van der Waals surface area contributed by atoms with Crippen LogP contribution < -0.4 is 9.46 Å². The number of aliphatic hydroxyl groups is 1. The Labute approximate surface area is 107 Å². The topological polar surface area (TPSA) is 75.6 Å². The quantitative estimate of drug-likeness (QED) is 0.833. The third-order valence-corrected chi connectivity index (χ3v) is 4.65. The molecule has 2 N–H and O–H groups in total. The van der Waals surface area contributed by atoms with E-state index in [9.17, 15) is 8.42 Å². The van der Waals surface area contributed by atoms with Gasteiger partial charge >= 0.3 is 0 Å². The molecule has 0 aromatic heterocycles. The first-order valence-electron chi connectivity index (χ1n) is 5.78. The summed E-state index contributed by atoms with van der Waals surface area (Å²) in [6, 6.07) is 4.59. The van der Waals surface area contributed by atoms with Crippen LogP contribution in [0.25, 0.3) is 0 Å². The lowest BCUT2D eigenvalue weighted by Gasteiger charge is -2.11. The number of aliphatic hydroxyl groups excluding tert-OH is 1. The van der Waals surface area contributed by atoms with Gasteiger partial charge in [0.15, 0.2) is 0 Å². The maximum absolute atomic E-state index is 12.2. The van der Waals surface area contributed by atoms with Crippen molar-refractivity contribution < 1.29 is 18.3 Å². The van der Waals surface area contributed by atoms with Crippen LogP contribution >= 0.6 is 0 Å². The van der Waals surface area contributed by atoms with E-state index in [2.05, 4.69) is 4.72 Å². The Morgan fingerprint density at radius 2 is 2.17 bits per heavy atom. The van der Waals surface area contributed by atoms with Crippen molar-refractivity contribution in [2.45, 2.75) is 30.9 Å². The van der Waals surface area contributed by atoms with E-state index < -0.39 is 10.0 Å². The van der Waals surface area contributed by atoms with Crippen LogP contribution in [0.1, 0.15) is 18.9 Å². The molecule has 1 fully saturated rings. The van der Waals surface area contributed by atoms with E-state index in [-0.39, 0.29) is 23.3 Å². The molecular formula is C12H17NO4S. The third kappa shape index (κ3) is 2.66. The van der Waals surface area contributed by atoms with E-state index in [4.69, 9.17) is 9.84 Å². The van der Waals surface area contributed by atoms with Crippen LogP contribution in [0.2, 0.25) is 0 Å². The number of hydrogen-bond acceptors (Lipinski definition) is 4. The van der Waals surface area contributed by atoms with Crippen LogP contribution in [-0.2, 0) is 16.6 Å². The minimum Gasteiger partial charge on any atom is -0.495 e. The minimum atomic E-state index is -3.55. The molecule has 100 valence electrons. The lowest BCUT2D eigenvalue weighted by Crippen LogP contribution is -2.27. The summed E-state index contributed by atoms with van der Waals surface area (Å²) in [5.74, 6) is 0.643. The molecule has 0 spiro atoms. The highest BCUT2D eigenvalue weighted by atomic mass is 32.2. The molecular weight excluding hydrogens is 254 g/mol. The predicted molar refractivity (Wildman–Crippen MR) is 66.8 cm³/mol. The van der Waals surface area contributed by atoms with Gasteiger partial charge in [-0.25, -0.2) is 13.1 Å². The van der Waals surface area contributed by atoms with Gasteiger partial charge in [0.05, 0.1) is 13.7 Å². The smallest absolute Gasteiger partial charge is 0.244 e. The number of hydrogen-bond donors (Lipinski definition) is 2. The first-order chi connectivity index (χ1) is 8.47. The average molecular weight is 271 g/mol. The number of rotatable bonds is 5. The van der Waals surface area contributed by atoms with E-state index in [0.29, 0.717) is 11.5 Å². The summed E-state index contributed by atoms with van der Waals surface area (Å²) in [7, 11) is -2.14. The monoisotopic (exact) mass is 271 g/mol. The van der Waals surface area contributed by atoms with Gasteiger partial charge in [-0.05, 0) is 30.0 Å². The van der Waals surface area contributed by atoms with Crippen molar-refractivity contribution in [2.24, 2.45) is 5.92 Å². The highest BCUT2D eigenvalue weighted by molar-refractivity contribution is 7.89. The summed E-state index contributed by atoms with van der Waals surface area (Å²) in [5, 5.41) is 9.02. The largest absolute Gasteiger partial charge is 0.495 e. The van der Waals surface area contributed by atoms with Gasteiger partial charge in [-0.15, -0.1) is 0 Å². The van der Waals surface area contributed by atoms with Crippen molar-refractivity contribution in [1.82, 2.24) is 4.72 Å². The van der Waals surface area contributed by atoms with Gasteiger partial charge in [0.2, 0.25) is 10.0 Å². The van der Waals surface area contributed by atoms with Crippen LogP contribution in [0.4, 0.5) is 0 Å². The highest BCUT2D eigenvalue weighted by Crippen LogP contribution is 2.32. The van der Waals surface area contributed by atoms with Gasteiger partial charge in [-0.1, -0.05) is 13.0 Å². The van der Waals surface area contributed by atoms with E-state index >= 15 is 0 Å². The van der Waals surface area contributed by atoms with Gasteiger partial charge in [-0.2, -0.15) is 0 Å². The molecule has 0 aliphatic heterocycles. The number of ether oxygens (including phenoxy) is 1. The molecule has 0 heterocycles. The Bertz CT molecular complexity index is 541. The zero-order valence-corrected chi connectivity index (χ0v) is 11.2. The second-order valence-corrected chi connectivity index (χ2v) is 6.27.